The number of benzene rings is 1. The molecular formula is C21H27NO8. The highest BCUT2D eigenvalue weighted by atomic mass is 16.8. The zero-order valence-corrected chi connectivity index (χ0v) is 17.7. The number of rotatable bonds is 2. The molecule has 1 N–H and O–H groups in total. The van der Waals surface area contributed by atoms with Crippen molar-refractivity contribution in [1.82, 2.24) is 5.32 Å². The van der Waals surface area contributed by atoms with Gasteiger partial charge in [-0.3, -0.25) is 0 Å². The van der Waals surface area contributed by atoms with Crippen molar-refractivity contribution in [3.8, 4) is 11.5 Å². The van der Waals surface area contributed by atoms with Gasteiger partial charge in [-0.15, -0.1) is 0 Å². The molecule has 4 aliphatic rings. The third kappa shape index (κ3) is 3.20. The molecule has 0 radical (unpaired) electrons. The van der Waals surface area contributed by atoms with Crippen molar-refractivity contribution in [2.24, 2.45) is 0 Å². The molecule has 0 spiro atoms. The Labute approximate surface area is 174 Å². The fourth-order valence-electron chi connectivity index (χ4n) is 4.99. The van der Waals surface area contributed by atoms with E-state index in [1.165, 1.54) is 7.11 Å². The molecule has 1 aromatic rings. The van der Waals surface area contributed by atoms with E-state index in [1.54, 1.807) is 0 Å². The van der Waals surface area contributed by atoms with Crippen LogP contribution in [0.25, 0.3) is 0 Å². The van der Waals surface area contributed by atoms with Crippen molar-refractivity contribution >= 4 is 6.09 Å². The van der Waals surface area contributed by atoms with Crippen LogP contribution in [0.3, 0.4) is 0 Å². The maximum atomic E-state index is 12.3. The first-order valence-electron chi connectivity index (χ1n) is 10.1. The first-order valence-corrected chi connectivity index (χ1v) is 10.1. The second kappa shape index (κ2) is 6.71. The van der Waals surface area contributed by atoms with Crippen LogP contribution in [0.15, 0.2) is 18.2 Å². The van der Waals surface area contributed by atoms with Gasteiger partial charge in [0.25, 0.3) is 0 Å². The first-order chi connectivity index (χ1) is 14.2. The Bertz CT molecular complexity index is 855. The third-order valence-corrected chi connectivity index (χ3v) is 6.00. The number of alkyl carbamates (subject to hydrolysis) is 1. The summed E-state index contributed by atoms with van der Waals surface area (Å²) in [6, 6.07) is 5.27. The van der Waals surface area contributed by atoms with E-state index in [0.29, 0.717) is 11.5 Å². The van der Waals surface area contributed by atoms with Crippen LogP contribution in [0.5, 0.6) is 11.5 Å². The molecule has 9 heteroatoms. The zero-order valence-electron chi connectivity index (χ0n) is 17.7. The van der Waals surface area contributed by atoms with E-state index in [1.807, 2.05) is 45.9 Å². The highest BCUT2D eigenvalue weighted by molar-refractivity contribution is 5.68. The van der Waals surface area contributed by atoms with E-state index >= 15 is 0 Å². The minimum Gasteiger partial charge on any atom is -0.454 e. The lowest BCUT2D eigenvalue weighted by Crippen LogP contribution is -2.63. The predicted octanol–water partition coefficient (Wildman–Crippen LogP) is 2.28. The van der Waals surface area contributed by atoms with E-state index < -0.39 is 35.9 Å². The normalized spacial score (nSPS) is 37.4. The Morgan fingerprint density at radius 1 is 0.933 bits per heavy atom. The summed E-state index contributed by atoms with van der Waals surface area (Å²) in [7, 11) is 1.34. The summed E-state index contributed by atoms with van der Waals surface area (Å²) in [6.45, 7) is 7.64. The molecule has 2 saturated heterocycles. The Morgan fingerprint density at radius 3 is 2.23 bits per heavy atom. The van der Waals surface area contributed by atoms with E-state index in [4.69, 9.17) is 33.2 Å². The average molecular weight is 421 g/mol. The monoisotopic (exact) mass is 421 g/mol. The fourth-order valence-corrected chi connectivity index (χ4v) is 4.99. The van der Waals surface area contributed by atoms with Gasteiger partial charge >= 0.3 is 6.09 Å². The van der Waals surface area contributed by atoms with Gasteiger partial charge in [0.1, 0.15) is 18.3 Å². The zero-order chi connectivity index (χ0) is 21.3. The van der Waals surface area contributed by atoms with Crippen molar-refractivity contribution in [2.45, 2.75) is 75.6 Å². The Kier molecular flexibility index (Phi) is 4.45. The number of hydrogen-bond donors (Lipinski definition) is 1. The molecular weight excluding hydrogens is 394 g/mol. The maximum absolute atomic E-state index is 12.3. The third-order valence-electron chi connectivity index (χ3n) is 6.00. The lowest BCUT2D eigenvalue weighted by molar-refractivity contribution is -0.176. The van der Waals surface area contributed by atoms with Crippen LogP contribution in [0.4, 0.5) is 4.79 Å². The van der Waals surface area contributed by atoms with Crippen LogP contribution in [0.2, 0.25) is 0 Å². The SMILES string of the molecule is COC(=O)N[C@H]1[C@H]2OC(C)(C)O[C@@H]2[C@@H]2OC(C)(C)O[C@@H]2[C@@H]1c1ccc2c(c1)OCO2. The largest absolute Gasteiger partial charge is 0.454 e. The second-order valence-corrected chi connectivity index (χ2v) is 8.93. The number of fused-ring (bicyclic) bond motifs is 4. The summed E-state index contributed by atoms with van der Waals surface area (Å²) in [6.07, 6.45) is -2.14. The molecule has 164 valence electrons. The lowest BCUT2D eigenvalue weighted by atomic mass is 9.73. The highest BCUT2D eigenvalue weighted by Crippen LogP contribution is 2.51. The number of amides is 1. The average Bonchev–Trinajstić information content (AvgIpc) is 3.35. The van der Waals surface area contributed by atoms with Crippen molar-refractivity contribution in [3.05, 3.63) is 23.8 Å². The Morgan fingerprint density at radius 2 is 1.53 bits per heavy atom. The minimum absolute atomic E-state index is 0.182. The predicted molar refractivity (Wildman–Crippen MR) is 102 cm³/mol. The molecule has 0 bridgehead atoms. The smallest absolute Gasteiger partial charge is 0.407 e. The number of nitrogens with one attached hydrogen (secondary N) is 1. The summed E-state index contributed by atoms with van der Waals surface area (Å²) in [4.78, 5) is 12.3. The van der Waals surface area contributed by atoms with Crippen LogP contribution in [0.1, 0.15) is 39.2 Å². The van der Waals surface area contributed by atoms with E-state index in [2.05, 4.69) is 5.32 Å². The topological polar surface area (TPSA) is 93.7 Å². The summed E-state index contributed by atoms with van der Waals surface area (Å²) >= 11 is 0. The quantitative estimate of drug-likeness (QED) is 0.777. The van der Waals surface area contributed by atoms with Crippen molar-refractivity contribution in [2.75, 3.05) is 13.9 Å². The van der Waals surface area contributed by atoms with Gasteiger partial charge in [0.05, 0.1) is 19.3 Å². The maximum Gasteiger partial charge on any atom is 0.407 e. The molecule has 1 aromatic carbocycles. The Balaban J connectivity index is 1.60. The highest BCUT2D eigenvalue weighted by Gasteiger charge is 2.64. The van der Waals surface area contributed by atoms with Crippen LogP contribution in [0, 0.1) is 0 Å². The molecule has 3 aliphatic heterocycles. The molecule has 0 aromatic heterocycles. The molecule has 1 amide bonds. The second-order valence-electron chi connectivity index (χ2n) is 8.93. The van der Waals surface area contributed by atoms with Gasteiger partial charge in [0.15, 0.2) is 23.1 Å². The molecule has 3 heterocycles. The Hall–Kier alpha value is -2.07. The number of carbonyl (C=O) groups excluding carboxylic acids is 1. The summed E-state index contributed by atoms with van der Waals surface area (Å²) in [5.74, 6) is -0.568. The molecule has 1 aliphatic carbocycles. The van der Waals surface area contributed by atoms with Crippen LogP contribution in [-0.4, -0.2) is 62.0 Å². The van der Waals surface area contributed by atoms with Gasteiger partial charge in [0.2, 0.25) is 6.79 Å². The van der Waals surface area contributed by atoms with Gasteiger partial charge in [0, 0.05) is 5.92 Å². The van der Waals surface area contributed by atoms with Crippen LogP contribution >= 0.6 is 0 Å². The van der Waals surface area contributed by atoms with Crippen LogP contribution in [-0.2, 0) is 23.7 Å². The van der Waals surface area contributed by atoms with Crippen molar-refractivity contribution in [3.63, 3.8) is 0 Å². The molecule has 30 heavy (non-hydrogen) atoms. The number of carbonyl (C=O) groups is 1. The van der Waals surface area contributed by atoms with Gasteiger partial charge < -0.3 is 38.5 Å². The van der Waals surface area contributed by atoms with Gasteiger partial charge in [-0.25, -0.2) is 4.79 Å². The lowest BCUT2D eigenvalue weighted by Gasteiger charge is -2.43. The van der Waals surface area contributed by atoms with Gasteiger partial charge in [-0.05, 0) is 45.4 Å². The molecule has 3 fully saturated rings. The van der Waals surface area contributed by atoms with E-state index in [9.17, 15) is 4.79 Å². The molecule has 6 atom stereocenters. The fraction of sp³-hybridized carbons (Fsp3) is 0.667. The van der Waals surface area contributed by atoms with Gasteiger partial charge in [-0.2, -0.15) is 0 Å². The minimum atomic E-state index is -0.824. The van der Waals surface area contributed by atoms with Gasteiger partial charge in [-0.1, -0.05) is 6.07 Å². The molecule has 1 saturated carbocycles. The number of ether oxygens (including phenoxy) is 7. The molecule has 0 unspecified atom stereocenters. The number of hydrogen-bond acceptors (Lipinski definition) is 8. The molecule has 5 rings (SSSR count). The van der Waals surface area contributed by atoms with Crippen LogP contribution < -0.4 is 14.8 Å². The van der Waals surface area contributed by atoms with E-state index in [-0.39, 0.29) is 24.9 Å². The van der Waals surface area contributed by atoms with E-state index in [0.717, 1.165) is 5.56 Å². The molecule has 9 nitrogen and oxygen atoms in total. The summed E-state index contributed by atoms with van der Waals surface area (Å²) < 4.78 is 41.0. The summed E-state index contributed by atoms with van der Waals surface area (Å²) in [5.41, 5.74) is 0.920. The summed E-state index contributed by atoms with van der Waals surface area (Å²) in [5, 5.41) is 2.96. The standard InChI is InChI=1S/C21H27NO8/c1-20(2)27-15-13(10-6-7-11-12(8-10)26-9-25-11)14(22-19(23)24-5)16-18(17(15)29-20)30-21(3,4)28-16/h6-8,13-18H,9H2,1-5H3,(H,22,23)/t13-,14-,15-,16-,17-,18+/m1/s1. The van der Waals surface area contributed by atoms with Crippen molar-refractivity contribution < 1.29 is 38.0 Å². The first kappa shape index (κ1) is 19.9. The van der Waals surface area contributed by atoms with Crippen molar-refractivity contribution in [1.29, 1.82) is 0 Å². The number of methoxy groups -OCH3 is 1.